The molecule has 2 heteroatoms. The average Bonchev–Trinajstić information content (AvgIpc) is 3.38. The zero-order valence-electron chi connectivity index (χ0n) is 45.1. The van der Waals surface area contributed by atoms with Crippen LogP contribution in [0.1, 0.15) is 171 Å². The van der Waals surface area contributed by atoms with E-state index in [1.165, 1.54) is 141 Å². The molecule has 0 aliphatic rings. The Balaban J connectivity index is 0. The molecule has 2 nitrogen and oxygen atoms in total. The largest absolute Gasteiger partial charge is 0.379 e. The molecule has 6 aromatic rings. The van der Waals surface area contributed by atoms with E-state index in [1.54, 1.807) is 0 Å². The van der Waals surface area contributed by atoms with Gasteiger partial charge in [0.05, 0.1) is 13.2 Å². The standard InChI is InChI=1S/C14H22.C12H18.C10H14.3C8H10.C6H14O2.CH4/c1-2-3-4-5-6-8-11-14-12-9-7-10-13-14;1-2-3-4-6-9-12-10-7-5-8-11-12;1-2-3-7-10-8-5-4-6-9-10;1-7-3-5-8(2)6-4-7;1-7-4-3-5-8(2)6-7;1-2-8-6-4-3-5-7-8;1-3-7-5-6-8-4-2;/h7,9-10,12-13H,2-6,8,11H2,1H3;5,7-8,10-11H,2-4,6,9H2,1H3;4-6,8-9H,2-3,7H2,1H3;2*3-6H,1-2H3;3-7H,2H2,1H3;3-6H2,1-2H3;1H4. The second-order valence-electron chi connectivity index (χ2n) is 17.4. The lowest BCUT2D eigenvalue weighted by molar-refractivity contribution is 0.0584. The molecular formula is C67H102O2. The fraction of sp³-hybridized carbons (Fsp3) is 0.463. The Morgan fingerprint density at radius 2 is 0.594 bits per heavy atom. The van der Waals surface area contributed by atoms with Crippen molar-refractivity contribution in [2.45, 2.75) is 179 Å². The number of ether oxygens (including phenoxy) is 2. The van der Waals surface area contributed by atoms with E-state index < -0.39 is 0 Å². The van der Waals surface area contributed by atoms with E-state index in [0.717, 1.165) is 32.8 Å². The summed E-state index contributed by atoms with van der Waals surface area (Å²) in [5, 5.41) is 0. The molecule has 0 fully saturated rings. The predicted octanol–water partition coefficient (Wildman–Crippen LogP) is 20.0. The number of rotatable bonds is 21. The van der Waals surface area contributed by atoms with Gasteiger partial charge in [-0.25, -0.2) is 0 Å². The normalized spacial score (nSPS) is 9.59. The van der Waals surface area contributed by atoms with Crippen molar-refractivity contribution >= 4 is 0 Å². The van der Waals surface area contributed by atoms with Gasteiger partial charge in [-0.05, 0) is 109 Å². The van der Waals surface area contributed by atoms with Gasteiger partial charge in [0.25, 0.3) is 0 Å². The van der Waals surface area contributed by atoms with Crippen LogP contribution in [0, 0.1) is 27.7 Å². The lowest BCUT2D eigenvalue weighted by atomic mass is 10.1. The molecule has 0 aromatic heterocycles. The molecule has 0 unspecified atom stereocenters. The van der Waals surface area contributed by atoms with Gasteiger partial charge in [0.2, 0.25) is 0 Å². The van der Waals surface area contributed by atoms with E-state index in [-0.39, 0.29) is 7.43 Å². The van der Waals surface area contributed by atoms with E-state index in [4.69, 9.17) is 9.47 Å². The molecule has 0 radical (unpaired) electrons. The molecule has 0 atom stereocenters. The van der Waals surface area contributed by atoms with Gasteiger partial charge in [-0.1, -0.05) is 285 Å². The molecule has 0 spiro atoms. The molecule has 0 bridgehead atoms. The Morgan fingerprint density at radius 1 is 0.290 bits per heavy atom. The van der Waals surface area contributed by atoms with Crippen LogP contribution in [0.3, 0.4) is 0 Å². The summed E-state index contributed by atoms with van der Waals surface area (Å²) in [5.74, 6) is 0. The van der Waals surface area contributed by atoms with E-state index in [0.29, 0.717) is 0 Å². The van der Waals surface area contributed by atoms with Crippen LogP contribution < -0.4 is 0 Å². The number of benzene rings is 6. The monoisotopic (exact) mass is 939 g/mol. The lowest BCUT2D eigenvalue weighted by Crippen LogP contribution is -2.02. The molecule has 0 saturated carbocycles. The molecule has 0 heterocycles. The molecule has 0 saturated heterocycles. The van der Waals surface area contributed by atoms with Crippen molar-refractivity contribution in [3.8, 4) is 0 Å². The third-order valence-electron chi connectivity index (χ3n) is 10.9. The van der Waals surface area contributed by atoms with Gasteiger partial charge >= 0.3 is 0 Å². The first-order valence-electron chi connectivity index (χ1n) is 26.6. The van der Waals surface area contributed by atoms with Crippen LogP contribution in [0.2, 0.25) is 0 Å². The summed E-state index contributed by atoms with van der Waals surface area (Å²) in [5.41, 5.74) is 11.2. The summed E-state index contributed by atoms with van der Waals surface area (Å²) in [4.78, 5) is 0. The molecule has 69 heavy (non-hydrogen) atoms. The number of hydrogen-bond donors (Lipinski definition) is 0. The molecule has 0 aliphatic carbocycles. The van der Waals surface area contributed by atoms with Crippen LogP contribution in [0.15, 0.2) is 170 Å². The minimum absolute atomic E-state index is 0. The number of hydrogen-bond acceptors (Lipinski definition) is 2. The Labute approximate surface area is 427 Å². The van der Waals surface area contributed by atoms with Crippen molar-refractivity contribution in [2.75, 3.05) is 26.4 Å². The first kappa shape index (κ1) is 66.3. The van der Waals surface area contributed by atoms with E-state index in [2.05, 4.69) is 219 Å². The van der Waals surface area contributed by atoms with Gasteiger partial charge in [-0.2, -0.15) is 0 Å². The summed E-state index contributed by atoms with van der Waals surface area (Å²) >= 11 is 0. The van der Waals surface area contributed by atoms with Crippen LogP contribution >= 0.6 is 0 Å². The van der Waals surface area contributed by atoms with Gasteiger partial charge < -0.3 is 9.47 Å². The van der Waals surface area contributed by atoms with Crippen molar-refractivity contribution in [1.82, 2.24) is 0 Å². The Hall–Kier alpha value is -4.76. The van der Waals surface area contributed by atoms with Crippen LogP contribution in [0.25, 0.3) is 0 Å². The number of aryl methyl sites for hydroxylation is 8. The number of unbranched alkanes of at least 4 members (excludes halogenated alkanes) is 9. The third kappa shape index (κ3) is 45.4. The SMILES string of the molecule is C.CCCCCCCCc1ccccc1.CCCCCCc1ccccc1.CCCCc1ccccc1.CCOCCOCC.CCc1ccccc1.Cc1ccc(C)cc1.Cc1cccc(C)c1. The second-order valence-corrected chi connectivity index (χ2v) is 17.4. The Kier molecular flexibility index (Phi) is 49.1. The van der Waals surface area contributed by atoms with Gasteiger partial charge in [0, 0.05) is 13.2 Å². The van der Waals surface area contributed by atoms with E-state index in [9.17, 15) is 0 Å². The maximum Gasteiger partial charge on any atom is 0.0700 e. The summed E-state index contributed by atoms with van der Waals surface area (Å²) in [6.45, 7) is 24.3. The topological polar surface area (TPSA) is 18.5 Å². The molecule has 0 N–H and O–H groups in total. The van der Waals surface area contributed by atoms with Crippen LogP contribution in [-0.4, -0.2) is 26.4 Å². The predicted molar refractivity (Wildman–Crippen MR) is 310 cm³/mol. The zero-order chi connectivity index (χ0) is 50.0. The highest BCUT2D eigenvalue weighted by molar-refractivity contribution is 5.21. The van der Waals surface area contributed by atoms with Crippen molar-refractivity contribution < 1.29 is 9.47 Å². The maximum absolute atomic E-state index is 5.01. The minimum atomic E-state index is 0. The van der Waals surface area contributed by atoms with Crippen LogP contribution in [-0.2, 0) is 35.2 Å². The fourth-order valence-corrected chi connectivity index (χ4v) is 6.74. The highest BCUT2D eigenvalue weighted by Gasteiger charge is 1.93. The summed E-state index contributed by atoms with van der Waals surface area (Å²) < 4.78 is 10.0. The Bertz CT molecular complexity index is 1810. The quantitative estimate of drug-likeness (QED) is 0.0670. The van der Waals surface area contributed by atoms with Crippen LogP contribution in [0.4, 0.5) is 0 Å². The summed E-state index contributed by atoms with van der Waals surface area (Å²) in [7, 11) is 0. The molecule has 382 valence electrons. The third-order valence-corrected chi connectivity index (χ3v) is 10.9. The first-order valence-corrected chi connectivity index (χ1v) is 26.6. The minimum Gasteiger partial charge on any atom is -0.379 e. The highest BCUT2D eigenvalue weighted by Crippen LogP contribution is 2.10. The van der Waals surface area contributed by atoms with Crippen molar-refractivity contribution in [2.24, 2.45) is 0 Å². The zero-order valence-corrected chi connectivity index (χ0v) is 45.1. The summed E-state index contributed by atoms with van der Waals surface area (Å²) in [6, 6.07) is 59.6. The van der Waals surface area contributed by atoms with Gasteiger partial charge in [-0.3, -0.25) is 0 Å². The first-order chi connectivity index (χ1) is 33.2. The van der Waals surface area contributed by atoms with Gasteiger partial charge in [0.1, 0.15) is 0 Å². The van der Waals surface area contributed by atoms with Gasteiger partial charge in [0.15, 0.2) is 0 Å². The molecule has 6 rings (SSSR count). The smallest absolute Gasteiger partial charge is 0.0700 e. The molecule has 6 aromatic carbocycles. The maximum atomic E-state index is 5.01. The summed E-state index contributed by atoms with van der Waals surface area (Å²) in [6.07, 6.45) is 21.3. The Morgan fingerprint density at radius 3 is 0.884 bits per heavy atom. The van der Waals surface area contributed by atoms with Crippen molar-refractivity contribution in [3.63, 3.8) is 0 Å². The lowest BCUT2D eigenvalue weighted by Gasteiger charge is -2.01. The second kappa shape index (κ2) is 51.1. The van der Waals surface area contributed by atoms with Crippen molar-refractivity contribution in [1.29, 1.82) is 0 Å². The average molecular weight is 940 g/mol. The van der Waals surface area contributed by atoms with Crippen molar-refractivity contribution in [3.05, 3.63) is 214 Å². The van der Waals surface area contributed by atoms with Crippen LogP contribution in [0.5, 0.6) is 0 Å². The fourth-order valence-electron chi connectivity index (χ4n) is 6.74. The highest BCUT2D eigenvalue weighted by atomic mass is 16.5. The van der Waals surface area contributed by atoms with E-state index in [1.807, 2.05) is 19.9 Å². The molecule has 0 aliphatic heterocycles. The molecule has 0 amide bonds. The van der Waals surface area contributed by atoms with E-state index >= 15 is 0 Å². The molecular weight excluding hydrogens is 837 g/mol. The van der Waals surface area contributed by atoms with Gasteiger partial charge in [-0.15, -0.1) is 0 Å².